The van der Waals surface area contributed by atoms with E-state index in [9.17, 15) is 4.79 Å². The Labute approximate surface area is 167 Å². The number of ether oxygens (including phenoxy) is 1. The van der Waals surface area contributed by atoms with Crippen molar-refractivity contribution in [1.29, 1.82) is 0 Å². The number of anilines is 1. The Hall–Kier alpha value is -1.51. The van der Waals surface area contributed by atoms with Gasteiger partial charge in [-0.05, 0) is 39.3 Å². The van der Waals surface area contributed by atoms with E-state index in [-0.39, 0.29) is 36.5 Å². The molecule has 6 nitrogen and oxygen atoms in total. The summed E-state index contributed by atoms with van der Waals surface area (Å²) in [4.78, 5) is 18.3. The van der Waals surface area contributed by atoms with Gasteiger partial charge < -0.3 is 20.3 Å². The molecule has 2 N–H and O–H groups in total. The molecule has 0 radical (unpaired) electrons. The molecule has 1 aliphatic rings. The Balaban J connectivity index is 0.00000312. The number of aliphatic imine (C=N–C) groups is 1. The summed E-state index contributed by atoms with van der Waals surface area (Å²) in [7, 11) is 1.70. The van der Waals surface area contributed by atoms with Gasteiger partial charge in [0.15, 0.2) is 5.96 Å². The summed E-state index contributed by atoms with van der Waals surface area (Å²) >= 11 is 0. The fourth-order valence-electron chi connectivity index (χ4n) is 2.67. The molecule has 0 spiro atoms. The van der Waals surface area contributed by atoms with E-state index < -0.39 is 5.60 Å². The molecule has 1 unspecified atom stereocenters. The standard InChI is InChI=1S/C18H28N4O2.HI/c1-18(2,3)24-16(23)12-20-17(19-4)21-14-10-11-22(13-14)15-8-6-5-7-9-15;/h5-9,14H,10-13H2,1-4H3,(H2,19,20,21);1H. The molecule has 140 valence electrons. The van der Waals surface area contributed by atoms with Crippen LogP contribution in [0, 0.1) is 0 Å². The zero-order valence-corrected chi connectivity index (χ0v) is 17.7. The van der Waals surface area contributed by atoms with Gasteiger partial charge in [-0.2, -0.15) is 0 Å². The van der Waals surface area contributed by atoms with Gasteiger partial charge in [-0.1, -0.05) is 18.2 Å². The molecule has 25 heavy (non-hydrogen) atoms. The molecule has 1 aromatic rings. The maximum Gasteiger partial charge on any atom is 0.325 e. The molecule has 0 bridgehead atoms. The molecule has 1 aromatic carbocycles. The molecule has 0 aromatic heterocycles. The smallest absolute Gasteiger partial charge is 0.325 e. The summed E-state index contributed by atoms with van der Waals surface area (Å²) in [5.41, 5.74) is 0.760. The number of para-hydroxylation sites is 1. The fraction of sp³-hybridized carbons (Fsp3) is 0.556. The number of hydrogen-bond donors (Lipinski definition) is 2. The van der Waals surface area contributed by atoms with Gasteiger partial charge in [-0.25, -0.2) is 0 Å². The molecule has 7 heteroatoms. The highest BCUT2D eigenvalue weighted by Gasteiger charge is 2.23. The predicted octanol–water partition coefficient (Wildman–Crippen LogP) is 2.39. The van der Waals surface area contributed by atoms with Crippen LogP contribution in [-0.4, -0.2) is 50.3 Å². The third-order valence-electron chi connectivity index (χ3n) is 3.69. The fourth-order valence-corrected chi connectivity index (χ4v) is 2.67. The Morgan fingerprint density at radius 3 is 2.60 bits per heavy atom. The van der Waals surface area contributed by atoms with Gasteiger partial charge in [-0.3, -0.25) is 9.79 Å². The first-order chi connectivity index (χ1) is 11.4. The maximum absolute atomic E-state index is 11.8. The first kappa shape index (κ1) is 21.5. The molecule has 0 saturated carbocycles. The first-order valence-corrected chi connectivity index (χ1v) is 8.36. The van der Waals surface area contributed by atoms with Crippen LogP contribution in [0.4, 0.5) is 5.69 Å². The molecular formula is C18H29IN4O2. The van der Waals surface area contributed by atoms with E-state index in [0.29, 0.717) is 12.0 Å². The van der Waals surface area contributed by atoms with E-state index in [1.54, 1.807) is 7.05 Å². The van der Waals surface area contributed by atoms with Crippen LogP contribution in [0.15, 0.2) is 35.3 Å². The zero-order valence-electron chi connectivity index (χ0n) is 15.4. The summed E-state index contributed by atoms with van der Waals surface area (Å²) in [6, 6.07) is 10.7. The second-order valence-electron chi connectivity index (χ2n) is 6.92. The highest BCUT2D eigenvalue weighted by Crippen LogP contribution is 2.19. The minimum atomic E-state index is -0.475. The number of rotatable bonds is 4. The second kappa shape index (κ2) is 9.84. The summed E-state index contributed by atoms with van der Waals surface area (Å²) in [5, 5.41) is 6.39. The SMILES string of the molecule is CN=C(NCC(=O)OC(C)(C)C)NC1CCN(c2ccccc2)C1.I. The van der Waals surface area contributed by atoms with Crippen molar-refractivity contribution in [3.05, 3.63) is 30.3 Å². The Kier molecular flexibility index (Phi) is 8.47. The summed E-state index contributed by atoms with van der Waals surface area (Å²) in [6.45, 7) is 7.59. The minimum Gasteiger partial charge on any atom is -0.459 e. The van der Waals surface area contributed by atoms with Crippen molar-refractivity contribution in [3.8, 4) is 0 Å². The lowest BCUT2D eigenvalue weighted by Gasteiger charge is -2.22. The van der Waals surface area contributed by atoms with Gasteiger partial charge >= 0.3 is 5.97 Å². The van der Waals surface area contributed by atoms with Crippen LogP contribution in [-0.2, 0) is 9.53 Å². The van der Waals surface area contributed by atoms with Gasteiger partial charge in [0.05, 0.1) is 0 Å². The van der Waals surface area contributed by atoms with Crippen molar-refractivity contribution < 1.29 is 9.53 Å². The molecule has 1 aliphatic heterocycles. The van der Waals surface area contributed by atoms with Crippen LogP contribution in [0.3, 0.4) is 0 Å². The van der Waals surface area contributed by atoms with Crippen molar-refractivity contribution in [3.63, 3.8) is 0 Å². The van der Waals surface area contributed by atoms with Gasteiger partial charge in [-0.15, -0.1) is 24.0 Å². The lowest BCUT2D eigenvalue weighted by molar-refractivity contribution is -0.153. The minimum absolute atomic E-state index is 0. The molecule has 2 rings (SSSR count). The average molecular weight is 460 g/mol. The van der Waals surface area contributed by atoms with Crippen molar-refractivity contribution in [2.24, 2.45) is 4.99 Å². The molecule has 1 saturated heterocycles. The van der Waals surface area contributed by atoms with Crippen molar-refractivity contribution in [1.82, 2.24) is 10.6 Å². The Morgan fingerprint density at radius 1 is 1.32 bits per heavy atom. The zero-order chi connectivity index (χ0) is 17.6. The highest BCUT2D eigenvalue weighted by atomic mass is 127. The summed E-state index contributed by atoms with van der Waals surface area (Å²) in [5.74, 6) is 0.337. The van der Waals surface area contributed by atoms with Gasteiger partial charge in [0.2, 0.25) is 0 Å². The largest absolute Gasteiger partial charge is 0.459 e. The predicted molar refractivity (Wildman–Crippen MR) is 113 cm³/mol. The number of nitrogens with zero attached hydrogens (tertiary/aromatic N) is 2. The van der Waals surface area contributed by atoms with E-state index in [1.165, 1.54) is 5.69 Å². The second-order valence-corrected chi connectivity index (χ2v) is 6.92. The highest BCUT2D eigenvalue weighted by molar-refractivity contribution is 14.0. The number of halogens is 1. The number of carbonyl (C=O) groups excluding carboxylic acids is 1. The molecule has 1 atom stereocenters. The number of carbonyl (C=O) groups is 1. The van der Waals surface area contributed by atoms with E-state index in [1.807, 2.05) is 26.8 Å². The van der Waals surface area contributed by atoms with Crippen LogP contribution in [0.2, 0.25) is 0 Å². The van der Waals surface area contributed by atoms with Gasteiger partial charge in [0.1, 0.15) is 12.1 Å². The molecule has 0 amide bonds. The third-order valence-corrected chi connectivity index (χ3v) is 3.69. The topological polar surface area (TPSA) is 66.0 Å². The number of hydrogen-bond acceptors (Lipinski definition) is 4. The van der Waals surface area contributed by atoms with E-state index in [2.05, 4.69) is 44.8 Å². The average Bonchev–Trinajstić information content (AvgIpc) is 2.99. The van der Waals surface area contributed by atoms with Crippen molar-refractivity contribution in [2.45, 2.75) is 38.8 Å². The van der Waals surface area contributed by atoms with Gasteiger partial charge in [0.25, 0.3) is 0 Å². The quantitative estimate of drug-likeness (QED) is 0.313. The summed E-state index contributed by atoms with van der Waals surface area (Å²) in [6.07, 6.45) is 1.03. The summed E-state index contributed by atoms with van der Waals surface area (Å²) < 4.78 is 5.29. The van der Waals surface area contributed by atoms with Crippen LogP contribution in [0.1, 0.15) is 27.2 Å². The first-order valence-electron chi connectivity index (χ1n) is 8.36. The van der Waals surface area contributed by atoms with Crippen LogP contribution >= 0.6 is 24.0 Å². The Morgan fingerprint density at radius 2 is 2.00 bits per heavy atom. The number of guanidine groups is 1. The van der Waals surface area contributed by atoms with E-state index in [0.717, 1.165) is 19.5 Å². The van der Waals surface area contributed by atoms with Crippen molar-refractivity contribution >= 4 is 41.6 Å². The number of esters is 1. The number of nitrogens with one attached hydrogen (secondary N) is 2. The maximum atomic E-state index is 11.8. The van der Waals surface area contributed by atoms with Crippen LogP contribution in [0.25, 0.3) is 0 Å². The van der Waals surface area contributed by atoms with Gasteiger partial charge in [0, 0.05) is 31.9 Å². The molecule has 1 heterocycles. The Bertz CT molecular complexity index is 572. The molecule has 1 fully saturated rings. The van der Waals surface area contributed by atoms with Crippen LogP contribution < -0.4 is 15.5 Å². The monoisotopic (exact) mass is 460 g/mol. The van der Waals surface area contributed by atoms with Crippen molar-refractivity contribution in [2.75, 3.05) is 31.6 Å². The number of benzene rings is 1. The normalized spacial score (nSPS) is 17.7. The van der Waals surface area contributed by atoms with E-state index >= 15 is 0 Å². The lowest BCUT2D eigenvalue weighted by Crippen LogP contribution is -2.46. The van der Waals surface area contributed by atoms with E-state index in [4.69, 9.17) is 4.74 Å². The van der Waals surface area contributed by atoms with Crippen LogP contribution in [0.5, 0.6) is 0 Å². The third kappa shape index (κ3) is 7.50. The molecule has 0 aliphatic carbocycles. The molecular weight excluding hydrogens is 431 g/mol. The lowest BCUT2D eigenvalue weighted by atomic mass is 10.2.